The van der Waals surface area contributed by atoms with Crippen molar-refractivity contribution in [3.8, 4) is 5.69 Å². The molecule has 0 saturated carbocycles. The molecule has 8 nitrogen and oxygen atoms in total. The molecule has 1 unspecified atom stereocenters. The molecule has 2 heterocycles. The second kappa shape index (κ2) is 9.80. The number of carbonyl (C=O) groups excluding carboxylic acids is 1. The zero-order valence-electron chi connectivity index (χ0n) is 15.7. The number of nitrogens with zero attached hydrogens (tertiary/aromatic N) is 4. The number of likely N-dealkylation sites (tertiary alicyclic amines) is 1. The fraction of sp³-hybridized carbons (Fsp3) is 0.444. The van der Waals surface area contributed by atoms with E-state index < -0.39 is 11.9 Å². The van der Waals surface area contributed by atoms with Gasteiger partial charge < -0.3 is 9.84 Å². The quantitative estimate of drug-likeness (QED) is 0.292. The van der Waals surface area contributed by atoms with Crippen molar-refractivity contribution in [2.45, 2.75) is 31.0 Å². The number of esters is 1. The topological polar surface area (TPSA) is 97.6 Å². The van der Waals surface area contributed by atoms with Crippen LogP contribution in [0.1, 0.15) is 18.7 Å². The van der Waals surface area contributed by atoms with Gasteiger partial charge in [-0.05, 0) is 44.5 Å². The third-order valence-corrected chi connectivity index (χ3v) is 6.09. The highest BCUT2D eigenvalue weighted by Crippen LogP contribution is 2.25. The summed E-state index contributed by atoms with van der Waals surface area (Å²) < 4.78 is 6.66. The monoisotopic (exact) mass is 458 g/mol. The summed E-state index contributed by atoms with van der Waals surface area (Å²) in [6.45, 7) is 4.06. The average Bonchev–Trinajstić information content (AvgIpc) is 3.27. The maximum absolute atomic E-state index is 11.1. The molecule has 1 aliphatic rings. The first-order valence-electron chi connectivity index (χ1n) is 9.01. The number of aromatic nitrogens is 3. The van der Waals surface area contributed by atoms with Crippen molar-refractivity contribution in [1.29, 1.82) is 0 Å². The normalized spacial score (nSPS) is 16.9. The number of thioether (sulfide) groups is 1. The Labute approximate surface area is 182 Å². The van der Waals surface area contributed by atoms with E-state index in [2.05, 4.69) is 15.0 Å². The van der Waals surface area contributed by atoms with Gasteiger partial charge in [0.15, 0.2) is 0 Å². The highest BCUT2D eigenvalue weighted by Gasteiger charge is 2.27. The molecular formula is C18H20Cl2N4O4S. The Hall–Kier alpha value is -1.81. The van der Waals surface area contributed by atoms with Crippen LogP contribution in [0.15, 0.2) is 23.4 Å². The predicted molar refractivity (Wildman–Crippen MR) is 110 cm³/mol. The summed E-state index contributed by atoms with van der Waals surface area (Å²) in [5.41, 5.74) is 0.801. The minimum atomic E-state index is -1.55. The van der Waals surface area contributed by atoms with Gasteiger partial charge >= 0.3 is 11.9 Å². The van der Waals surface area contributed by atoms with Gasteiger partial charge in [0.25, 0.3) is 0 Å². The number of halogens is 2. The number of aliphatic carboxylic acids is 1. The standard InChI is InChI=1S/C18H20Cl2N4O4S/c1-11-21-18(22-24(11)12-3-4-14(19)15(20)9-12)29-8-2-6-23-7-5-13(10-23)28-17(27)16(25)26/h3-4,9,13H,2,5-8,10H2,1H3,(H,25,26). The second-order valence-electron chi connectivity index (χ2n) is 6.58. The van der Waals surface area contributed by atoms with Gasteiger partial charge in [0.1, 0.15) is 11.9 Å². The van der Waals surface area contributed by atoms with Gasteiger partial charge in [-0.15, -0.1) is 5.10 Å². The molecule has 1 aliphatic heterocycles. The molecule has 29 heavy (non-hydrogen) atoms. The Morgan fingerprint density at radius 1 is 1.34 bits per heavy atom. The Balaban J connectivity index is 1.44. The fourth-order valence-corrected chi connectivity index (χ4v) is 4.12. The molecule has 2 aromatic rings. The third-order valence-electron chi connectivity index (χ3n) is 4.42. The van der Waals surface area contributed by atoms with Crippen LogP contribution in [0.4, 0.5) is 0 Å². The molecule has 0 bridgehead atoms. The maximum Gasteiger partial charge on any atom is 0.417 e. The smallest absolute Gasteiger partial charge is 0.417 e. The van der Waals surface area contributed by atoms with E-state index in [-0.39, 0.29) is 6.10 Å². The lowest BCUT2D eigenvalue weighted by molar-refractivity contribution is -0.167. The van der Waals surface area contributed by atoms with Crippen LogP contribution in [-0.4, -0.2) is 68.2 Å². The van der Waals surface area contributed by atoms with Gasteiger partial charge in [0.05, 0.1) is 15.7 Å². The lowest BCUT2D eigenvalue weighted by Crippen LogP contribution is -2.28. The first kappa shape index (κ1) is 21.9. The highest BCUT2D eigenvalue weighted by molar-refractivity contribution is 7.99. The molecule has 156 valence electrons. The minimum Gasteiger partial charge on any atom is -0.473 e. The molecule has 1 aromatic heterocycles. The predicted octanol–water partition coefficient (Wildman–Crippen LogP) is 3.07. The van der Waals surface area contributed by atoms with Crippen molar-refractivity contribution in [1.82, 2.24) is 19.7 Å². The van der Waals surface area contributed by atoms with Crippen molar-refractivity contribution in [2.24, 2.45) is 0 Å². The number of hydrogen-bond donors (Lipinski definition) is 1. The lowest BCUT2D eigenvalue weighted by Gasteiger charge is -2.15. The number of carbonyl (C=O) groups is 2. The first-order valence-corrected chi connectivity index (χ1v) is 10.8. The summed E-state index contributed by atoms with van der Waals surface area (Å²) in [4.78, 5) is 28.3. The van der Waals surface area contributed by atoms with Crippen LogP contribution in [0.2, 0.25) is 10.0 Å². The van der Waals surface area contributed by atoms with E-state index in [4.69, 9.17) is 33.0 Å². The average molecular weight is 459 g/mol. The molecule has 0 aliphatic carbocycles. The van der Waals surface area contributed by atoms with E-state index in [0.29, 0.717) is 28.2 Å². The van der Waals surface area contributed by atoms with Crippen LogP contribution in [-0.2, 0) is 14.3 Å². The van der Waals surface area contributed by atoms with Crippen LogP contribution < -0.4 is 0 Å². The summed E-state index contributed by atoms with van der Waals surface area (Å²) in [5, 5.41) is 14.8. The van der Waals surface area contributed by atoms with Crippen molar-refractivity contribution >= 4 is 46.9 Å². The van der Waals surface area contributed by atoms with Crippen molar-refractivity contribution < 1.29 is 19.4 Å². The van der Waals surface area contributed by atoms with Crippen molar-refractivity contribution in [3.63, 3.8) is 0 Å². The minimum absolute atomic E-state index is 0.350. The number of ether oxygens (including phenoxy) is 1. The Morgan fingerprint density at radius 2 is 2.14 bits per heavy atom. The van der Waals surface area contributed by atoms with Crippen LogP contribution in [0.3, 0.4) is 0 Å². The Morgan fingerprint density at radius 3 is 2.86 bits per heavy atom. The van der Waals surface area contributed by atoms with E-state index in [1.807, 2.05) is 13.0 Å². The van der Waals surface area contributed by atoms with E-state index in [1.54, 1.807) is 28.6 Å². The van der Waals surface area contributed by atoms with Crippen LogP contribution in [0, 0.1) is 6.92 Å². The van der Waals surface area contributed by atoms with E-state index in [9.17, 15) is 9.59 Å². The summed E-state index contributed by atoms with van der Waals surface area (Å²) in [6.07, 6.45) is 1.21. The zero-order valence-corrected chi connectivity index (χ0v) is 18.0. The number of benzene rings is 1. The summed E-state index contributed by atoms with van der Waals surface area (Å²) in [7, 11) is 0. The molecule has 1 fully saturated rings. The first-order chi connectivity index (χ1) is 13.8. The van der Waals surface area contributed by atoms with Gasteiger partial charge in [-0.3, -0.25) is 4.90 Å². The number of rotatable bonds is 7. The molecule has 1 N–H and O–H groups in total. The Bertz CT molecular complexity index is 908. The summed E-state index contributed by atoms with van der Waals surface area (Å²) in [5.74, 6) is -1.15. The van der Waals surface area contributed by atoms with E-state index in [1.165, 1.54) is 0 Å². The molecule has 0 radical (unpaired) electrons. The molecule has 11 heteroatoms. The van der Waals surface area contributed by atoms with E-state index in [0.717, 1.165) is 36.8 Å². The molecule has 1 atom stereocenters. The number of carboxylic acid groups (broad SMARTS) is 1. The van der Waals surface area contributed by atoms with E-state index >= 15 is 0 Å². The summed E-state index contributed by atoms with van der Waals surface area (Å²) in [6, 6.07) is 5.32. The third kappa shape index (κ3) is 5.85. The van der Waals surface area contributed by atoms with Gasteiger partial charge in [0.2, 0.25) is 5.16 Å². The Kier molecular flexibility index (Phi) is 7.39. The van der Waals surface area contributed by atoms with Crippen molar-refractivity contribution in [2.75, 3.05) is 25.4 Å². The largest absolute Gasteiger partial charge is 0.473 e. The number of hydrogen-bond acceptors (Lipinski definition) is 7. The number of aryl methyl sites for hydroxylation is 1. The van der Waals surface area contributed by atoms with Crippen LogP contribution >= 0.6 is 35.0 Å². The summed E-state index contributed by atoms with van der Waals surface area (Å²) >= 11 is 13.6. The molecule has 3 rings (SSSR count). The molecule has 0 spiro atoms. The lowest BCUT2D eigenvalue weighted by atomic mass is 10.3. The molecular weight excluding hydrogens is 439 g/mol. The van der Waals surface area contributed by atoms with Gasteiger partial charge in [-0.1, -0.05) is 35.0 Å². The van der Waals surface area contributed by atoms with Crippen LogP contribution in [0.5, 0.6) is 0 Å². The zero-order chi connectivity index (χ0) is 21.0. The van der Waals surface area contributed by atoms with Gasteiger partial charge in [-0.2, -0.15) is 0 Å². The molecule has 1 saturated heterocycles. The van der Waals surface area contributed by atoms with Gasteiger partial charge in [0, 0.05) is 18.8 Å². The molecule has 0 amide bonds. The van der Waals surface area contributed by atoms with Crippen molar-refractivity contribution in [3.05, 3.63) is 34.1 Å². The second-order valence-corrected chi connectivity index (χ2v) is 8.45. The maximum atomic E-state index is 11.1. The molecule has 1 aromatic carbocycles. The number of carboxylic acids is 1. The van der Waals surface area contributed by atoms with Crippen LogP contribution in [0.25, 0.3) is 5.69 Å². The SMILES string of the molecule is Cc1nc(SCCCN2CCC(OC(=O)C(=O)O)C2)nn1-c1ccc(Cl)c(Cl)c1. The fourth-order valence-electron chi connectivity index (χ4n) is 3.04. The van der Waals surface area contributed by atoms with Gasteiger partial charge in [-0.25, -0.2) is 19.3 Å². The highest BCUT2D eigenvalue weighted by atomic mass is 35.5.